The number of nitrogens with one attached hydrogen (secondary N) is 1. The van der Waals surface area contributed by atoms with Crippen molar-refractivity contribution in [2.45, 2.75) is 30.6 Å². The highest BCUT2D eigenvalue weighted by Crippen LogP contribution is 2.27. The molecule has 0 saturated carbocycles. The van der Waals surface area contributed by atoms with Gasteiger partial charge in [0.05, 0.1) is 12.7 Å². The van der Waals surface area contributed by atoms with E-state index in [9.17, 15) is 5.11 Å². The predicted octanol–water partition coefficient (Wildman–Crippen LogP) is 3.83. The standard InChI is InChI=1S/C21H27NO2S/c23-21-15-22-12-11-20(21)18-7-9-19(10-8-18)24-13-4-14-25-16-17-5-2-1-3-6-17/h1-3,5-10,20-23H,4,11-16H2. The quantitative estimate of drug-likeness (QED) is 0.705. The monoisotopic (exact) mass is 357 g/mol. The van der Waals surface area contributed by atoms with Gasteiger partial charge in [0, 0.05) is 18.2 Å². The van der Waals surface area contributed by atoms with Gasteiger partial charge in [0.25, 0.3) is 0 Å². The van der Waals surface area contributed by atoms with Crippen LogP contribution in [-0.4, -0.2) is 36.7 Å². The van der Waals surface area contributed by atoms with Crippen LogP contribution in [0.2, 0.25) is 0 Å². The highest BCUT2D eigenvalue weighted by atomic mass is 32.2. The first-order chi connectivity index (χ1) is 12.3. The third-order valence-corrected chi connectivity index (χ3v) is 5.69. The summed E-state index contributed by atoms with van der Waals surface area (Å²) in [5.41, 5.74) is 2.59. The molecule has 2 N–H and O–H groups in total. The highest BCUT2D eigenvalue weighted by Gasteiger charge is 2.24. The van der Waals surface area contributed by atoms with Crippen LogP contribution in [0.25, 0.3) is 0 Å². The smallest absolute Gasteiger partial charge is 0.119 e. The zero-order valence-corrected chi connectivity index (χ0v) is 15.4. The van der Waals surface area contributed by atoms with Gasteiger partial charge in [-0.2, -0.15) is 11.8 Å². The maximum atomic E-state index is 10.1. The molecule has 2 aromatic rings. The van der Waals surface area contributed by atoms with Crippen LogP contribution in [-0.2, 0) is 5.75 Å². The van der Waals surface area contributed by atoms with Crippen LogP contribution in [0.5, 0.6) is 5.75 Å². The van der Waals surface area contributed by atoms with E-state index in [1.807, 2.05) is 23.9 Å². The van der Waals surface area contributed by atoms with E-state index >= 15 is 0 Å². The van der Waals surface area contributed by atoms with E-state index in [-0.39, 0.29) is 12.0 Å². The molecule has 0 bridgehead atoms. The number of ether oxygens (including phenoxy) is 1. The molecule has 0 aliphatic carbocycles. The molecule has 2 unspecified atom stereocenters. The molecule has 4 heteroatoms. The molecular formula is C21H27NO2S. The van der Waals surface area contributed by atoms with Crippen LogP contribution in [0, 0.1) is 0 Å². The second-order valence-corrected chi connectivity index (χ2v) is 7.58. The minimum absolute atomic E-state index is 0.240. The van der Waals surface area contributed by atoms with Crippen LogP contribution in [0.1, 0.15) is 29.9 Å². The second-order valence-electron chi connectivity index (χ2n) is 6.48. The molecule has 0 amide bonds. The predicted molar refractivity (Wildman–Crippen MR) is 105 cm³/mol. The number of hydrogen-bond acceptors (Lipinski definition) is 4. The number of aliphatic hydroxyl groups is 1. The Morgan fingerprint density at radius 3 is 2.64 bits per heavy atom. The zero-order valence-electron chi connectivity index (χ0n) is 14.6. The van der Waals surface area contributed by atoms with Crippen LogP contribution in [0.3, 0.4) is 0 Å². The minimum atomic E-state index is -0.290. The molecule has 134 valence electrons. The van der Waals surface area contributed by atoms with Crippen molar-refractivity contribution in [1.29, 1.82) is 0 Å². The average Bonchev–Trinajstić information content (AvgIpc) is 2.66. The molecule has 2 aromatic carbocycles. The summed E-state index contributed by atoms with van der Waals surface area (Å²) in [4.78, 5) is 0. The van der Waals surface area contributed by atoms with Crippen molar-refractivity contribution in [3.63, 3.8) is 0 Å². The molecule has 3 nitrogen and oxygen atoms in total. The molecule has 2 atom stereocenters. The van der Waals surface area contributed by atoms with Gasteiger partial charge in [-0.1, -0.05) is 42.5 Å². The average molecular weight is 358 g/mol. The van der Waals surface area contributed by atoms with Crippen molar-refractivity contribution in [3.05, 3.63) is 65.7 Å². The Balaban J connectivity index is 1.34. The second kappa shape index (κ2) is 9.85. The summed E-state index contributed by atoms with van der Waals surface area (Å²) in [6, 6.07) is 18.8. The summed E-state index contributed by atoms with van der Waals surface area (Å²) in [6.45, 7) is 2.40. The van der Waals surface area contributed by atoms with E-state index in [4.69, 9.17) is 4.74 Å². The number of hydrogen-bond donors (Lipinski definition) is 2. The van der Waals surface area contributed by atoms with Crippen LogP contribution in [0.15, 0.2) is 54.6 Å². The van der Waals surface area contributed by atoms with E-state index in [1.165, 1.54) is 11.1 Å². The molecule has 0 radical (unpaired) electrons. The lowest BCUT2D eigenvalue weighted by Gasteiger charge is -2.28. The Morgan fingerprint density at radius 2 is 1.88 bits per heavy atom. The van der Waals surface area contributed by atoms with E-state index in [1.54, 1.807) is 0 Å². The molecule has 1 aliphatic rings. The first kappa shape index (κ1) is 18.3. The number of benzene rings is 2. The van der Waals surface area contributed by atoms with E-state index < -0.39 is 0 Å². The van der Waals surface area contributed by atoms with Crippen molar-refractivity contribution in [2.24, 2.45) is 0 Å². The number of aliphatic hydroxyl groups excluding tert-OH is 1. The molecular weight excluding hydrogens is 330 g/mol. The lowest BCUT2D eigenvalue weighted by Crippen LogP contribution is -2.39. The maximum Gasteiger partial charge on any atom is 0.119 e. The van der Waals surface area contributed by atoms with Gasteiger partial charge >= 0.3 is 0 Å². The van der Waals surface area contributed by atoms with Gasteiger partial charge in [-0.05, 0) is 48.4 Å². The topological polar surface area (TPSA) is 41.5 Å². The Labute approximate surface area is 154 Å². The normalized spacial score (nSPS) is 20.4. The highest BCUT2D eigenvalue weighted by molar-refractivity contribution is 7.98. The number of β-amino-alcohol motifs (C(OH)–C–C–N with tert-alkyl or cyclic N) is 1. The molecule has 0 aromatic heterocycles. The maximum absolute atomic E-state index is 10.1. The summed E-state index contributed by atoms with van der Waals surface area (Å²) >= 11 is 1.95. The van der Waals surface area contributed by atoms with Gasteiger partial charge in [-0.3, -0.25) is 0 Å². The van der Waals surface area contributed by atoms with Gasteiger partial charge in [0.1, 0.15) is 5.75 Å². The summed E-state index contributed by atoms with van der Waals surface area (Å²) < 4.78 is 5.84. The molecule has 25 heavy (non-hydrogen) atoms. The van der Waals surface area contributed by atoms with Gasteiger partial charge in [-0.15, -0.1) is 0 Å². The Hall–Kier alpha value is -1.49. The first-order valence-corrected chi connectivity index (χ1v) is 10.2. The molecule has 0 spiro atoms. The van der Waals surface area contributed by atoms with Crippen LogP contribution in [0.4, 0.5) is 0 Å². The molecule has 1 saturated heterocycles. The van der Waals surface area contributed by atoms with E-state index in [2.05, 4.69) is 47.8 Å². The summed E-state index contributed by atoms with van der Waals surface area (Å²) in [5.74, 6) is 3.33. The minimum Gasteiger partial charge on any atom is -0.494 e. The van der Waals surface area contributed by atoms with Gasteiger partial charge in [-0.25, -0.2) is 0 Å². The number of piperidine rings is 1. The first-order valence-electron chi connectivity index (χ1n) is 9.06. The number of thioether (sulfide) groups is 1. The molecule has 1 heterocycles. The zero-order chi connectivity index (χ0) is 17.3. The fourth-order valence-electron chi connectivity index (χ4n) is 3.16. The molecule has 1 aliphatic heterocycles. The van der Waals surface area contributed by atoms with Gasteiger partial charge < -0.3 is 15.2 Å². The Kier molecular flexibility index (Phi) is 7.22. The van der Waals surface area contributed by atoms with Gasteiger partial charge in [0.2, 0.25) is 0 Å². The van der Waals surface area contributed by atoms with Crippen molar-refractivity contribution in [3.8, 4) is 5.75 Å². The van der Waals surface area contributed by atoms with E-state index in [0.717, 1.165) is 43.2 Å². The van der Waals surface area contributed by atoms with E-state index in [0.29, 0.717) is 6.54 Å². The molecule has 3 rings (SSSR count). The third kappa shape index (κ3) is 5.77. The largest absolute Gasteiger partial charge is 0.494 e. The fraction of sp³-hybridized carbons (Fsp3) is 0.429. The van der Waals surface area contributed by atoms with Crippen molar-refractivity contribution in [1.82, 2.24) is 5.32 Å². The molecule has 1 fully saturated rings. The SMILES string of the molecule is OC1CNCCC1c1ccc(OCCCSCc2ccccc2)cc1. The summed E-state index contributed by atoms with van der Waals surface area (Å²) in [7, 11) is 0. The lowest BCUT2D eigenvalue weighted by molar-refractivity contribution is 0.118. The Bertz CT molecular complexity index is 618. The summed E-state index contributed by atoms with van der Waals surface area (Å²) in [6.07, 6.45) is 1.74. The lowest BCUT2D eigenvalue weighted by atomic mass is 9.88. The third-order valence-electron chi connectivity index (χ3n) is 4.57. The van der Waals surface area contributed by atoms with Crippen molar-refractivity contribution in [2.75, 3.05) is 25.4 Å². The van der Waals surface area contributed by atoms with Gasteiger partial charge in [0.15, 0.2) is 0 Å². The Morgan fingerprint density at radius 1 is 1.08 bits per heavy atom. The number of rotatable bonds is 8. The fourth-order valence-corrected chi connectivity index (χ4v) is 4.05. The van der Waals surface area contributed by atoms with Crippen molar-refractivity contribution >= 4 is 11.8 Å². The van der Waals surface area contributed by atoms with Crippen LogP contribution >= 0.6 is 11.8 Å². The van der Waals surface area contributed by atoms with Crippen LogP contribution < -0.4 is 10.1 Å². The summed E-state index contributed by atoms with van der Waals surface area (Å²) in [5, 5.41) is 13.3. The van der Waals surface area contributed by atoms with Crippen molar-refractivity contribution < 1.29 is 9.84 Å².